The fourth-order valence-electron chi connectivity index (χ4n) is 3.22. The standard InChI is InChI=1S/C23H25Cl2N5O3S/c1-4-30-22(14(2)26-20(31)11-15-5-8-17(33-3)9-6-15)28-29-23(30)34-13-21(32)27-19-10-7-16(24)12-18(19)25/h5-10,12,14H,4,11,13H2,1-3H3,(H,26,31)(H,27,32)/t14-/m1/s1. The highest BCUT2D eigenvalue weighted by molar-refractivity contribution is 7.99. The number of benzene rings is 2. The molecule has 0 spiro atoms. The predicted octanol–water partition coefficient (Wildman–Crippen LogP) is 4.76. The van der Waals surface area contributed by atoms with Crippen LogP contribution in [0.2, 0.25) is 10.0 Å². The second kappa shape index (κ2) is 12.1. The van der Waals surface area contributed by atoms with Crippen molar-refractivity contribution in [2.75, 3.05) is 18.2 Å². The first kappa shape index (κ1) is 25.9. The van der Waals surface area contributed by atoms with Gasteiger partial charge in [0.2, 0.25) is 11.8 Å². The average molecular weight is 522 g/mol. The summed E-state index contributed by atoms with van der Waals surface area (Å²) in [4.78, 5) is 24.9. The van der Waals surface area contributed by atoms with Crippen LogP contribution in [0.5, 0.6) is 5.75 Å². The van der Waals surface area contributed by atoms with Crippen LogP contribution in [-0.2, 0) is 22.6 Å². The Kier molecular flexibility index (Phi) is 9.20. The largest absolute Gasteiger partial charge is 0.497 e. The molecule has 3 aromatic rings. The number of nitrogens with zero attached hydrogens (tertiary/aromatic N) is 3. The number of anilines is 1. The number of carbonyl (C=O) groups excluding carboxylic acids is 2. The van der Waals surface area contributed by atoms with Gasteiger partial charge >= 0.3 is 0 Å². The Hall–Kier alpha value is -2.75. The van der Waals surface area contributed by atoms with Crippen molar-refractivity contribution in [2.45, 2.75) is 38.0 Å². The molecule has 0 unspecified atom stereocenters. The Bertz CT molecular complexity index is 1150. The van der Waals surface area contributed by atoms with E-state index < -0.39 is 0 Å². The van der Waals surface area contributed by atoms with Gasteiger partial charge in [-0.2, -0.15) is 0 Å². The van der Waals surface area contributed by atoms with Gasteiger partial charge in [-0.1, -0.05) is 47.1 Å². The van der Waals surface area contributed by atoms with Crippen LogP contribution < -0.4 is 15.4 Å². The van der Waals surface area contributed by atoms with Crippen LogP contribution in [-0.4, -0.2) is 39.4 Å². The molecule has 0 aliphatic carbocycles. The number of ether oxygens (including phenoxy) is 1. The van der Waals surface area contributed by atoms with Crippen molar-refractivity contribution in [1.82, 2.24) is 20.1 Å². The molecule has 2 aromatic carbocycles. The number of hydrogen-bond acceptors (Lipinski definition) is 6. The lowest BCUT2D eigenvalue weighted by Crippen LogP contribution is -2.30. The zero-order valence-corrected chi connectivity index (χ0v) is 21.3. The van der Waals surface area contributed by atoms with E-state index in [9.17, 15) is 9.59 Å². The van der Waals surface area contributed by atoms with Crippen LogP contribution in [0.15, 0.2) is 47.6 Å². The minimum absolute atomic E-state index is 0.120. The summed E-state index contributed by atoms with van der Waals surface area (Å²) in [5, 5.41) is 15.6. The van der Waals surface area contributed by atoms with Gasteiger partial charge in [0, 0.05) is 11.6 Å². The SMILES string of the molecule is CCn1c(SCC(=O)Nc2ccc(Cl)cc2Cl)nnc1[C@@H](C)NC(=O)Cc1ccc(OC)cc1. The minimum Gasteiger partial charge on any atom is -0.497 e. The number of methoxy groups -OCH3 is 1. The van der Waals surface area contributed by atoms with Gasteiger partial charge in [0.25, 0.3) is 0 Å². The molecular weight excluding hydrogens is 497 g/mol. The summed E-state index contributed by atoms with van der Waals surface area (Å²) >= 11 is 13.3. The van der Waals surface area contributed by atoms with Gasteiger partial charge in [-0.3, -0.25) is 9.59 Å². The highest BCUT2D eigenvalue weighted by Gasteiger charge is 2.20. The molecule has 0 bridgehead atoms. The highest BCUT2D eigenvalue weighted by Crippen LogP contribution is 2.26. The molecule has 34 heavy (non-hydrogen) atoms. The molecule has 1 aromatic heterocycles. The van der Waals surface area contributed by atoms with Crippen molar-refractivity contribution in [3.63, 3.8) is 0 Å². The zero-order valence-electron chi connectivity index (χ0n) is 19.0. The highest BCUT2D eigenvalue weighted by atomic mass is 35.5. The van der Waals surface area contributed by atoms with Crippen LogP contribution in [0.25, 0.3) is 0 Å². The molecule has 180 valence electrons. The molecule has 11 heteroatoms. The zero-order chi connectivity index (χ0) is 24.7. The van der Waals surface area contributed by atoms with Crippen molar-refractivity contribution in [3.05, 3.63) is 63.9 Å². The smallest absolute Gasteiger partial charge is 0.234 e. The maximum absolute atomic E-state index is 12.5. The summed E-state index contributed by atoms with van der Waals surface area (Å²) in [6, 6.07) is 11.9. The summed E-state index contributed by atoms with van der Waals surface area (Å²) in [5.41, 5.74) is 1.37. The lowest BCUT2D eigenvalue weighted by atomic mass is 10.1. The topological polar surface area (TPSA) is 98.1 Å². The first-order valence-corrected chi connectivity index (χ1v) is 12.3. The number of halogens is 2. The van der Waals surface area contributed by atoms with Crippen LogP contribution in [0.1, 0.15) is 31.3 Å². The van der Waals surface area contributed by atoms with Crippen molar-refractivity contribution in [3.8, 4) is 5.75 Å². The second-order valence-electron chi connectivity index (χ2n) is 7.36. The van der Waals surface area contributed by atoms with Gasteiger partial charge in [-0.25, -0.2) is 0 Å². The summed E-state index contributed by atoms with van der Waals surface area (Å²) in [7, 11) is 1.60. The van der Waals surface area contributed by atoms with Crippen LogP contribution in [0.3, 0.4) is 0 Å². The molecule has 0 saturated heterocycles. The minimum atomic E-state index is -0.353. The Morgan fingerprint density at radius 1 is 1.12 bits per heavy atom. The van der Waals surface area contributed by atoms with Gasteiger partial charge in [-0.05, 0) is 49.7 Å². The Labute approximate surface area is 212 Å². The molecule has 2 amide bonds. The van der Waals surface area contributed by atoms with Crippen LogP contribution >= 0.6 is 35.0 Å². The Morgan fingerprint density at radius 2 is 1.85 bits per heavy atom. The molecule has 2 N–H and O–H groups in total. The van der Waals surface area contributed by atoms with Crippen LogP contribution in [0.4, 0.5) is 5.69 Å². The van der Waals surface area contributed by atoms with Gasteiger partial charge in [0.15, 0.2) is 11.0 Å². The van der Waals surface area contributed by atoms with Crippen molar-refractivity contribution in [2.24, 2.45) is 0 Å². The lowest BCUT2D eigenvalue weighted by molar-refractivity contribution is -0.121. The van der Waals surface area contributed by atoms with Crippen molar-refractivity contribution < 1.29 is 14.3 Å². The van der Waals surface area contributed by atoms with E-state index >= 15 is 0 Å². The molecule has 0 radical (unpaired) electrons. The molecule has 3 rings (SSSR count). The molecule has 0 saturated carbocycles. The average Bonchev–Trinajstić information content (AvgIpc) is 3.23. The van der Waals surface area contributed by atoms with Gasteiger partial charge in [0.05, 0.1) is 36.0 Å². The van der Waals surface area contributed by atoms with E-state index in [1.54, 1.807) is 25.3 Å². The third kappa shape index (κ3) is 6.88. The number of carbonyl (C=O) groups is 2. The molecule has 8 nitrogen and oxygen atoms in total. The number of amides is 2. The molecular formula is C23H25Cl2N5O3S. The van der Waals surface area contributed by atoms with E-state index in [2.05, 4.69) is 20.8 Å². The third-order valence-electron chi connectivity index (χ3n) is 4.89. The monoisotopic (exact) mass is 521 g/mol. The van der Waals surface area contributed by atoms with E-state index in [0.717, 1.165) is 11.3 Å². The normalized spacial score (nSPS) is 11.7. The van der Waals surface area contributed by atoms with E-state index in [4.69, 9.17) is 27.9 Å². The van der Waals surface area contributed by atoms with Crippen molar-refractivity contribution >= 4 is 52.5 Å². The Morgan fingerprint density at radius 3 is 2.50 bits per heavy atom. The Balaban J connectivity index is 1.57. The van der Waals surface area contributed by atoms with Crippen molar-refractivity contribution in [1.29, 1.82) is 0 Å². The van der Waals surface area contributed by atoms with Crippen LogP contribution in [0, 0.1) is 0 Å². The predicted molar refractivity (Wildman–Crippen MR) is 135 cm³/mol. The number of rotatable bonds is 10. The maximum atomic E-state index is 12.5. The summed E-state index contributed by atoms with van der Waals surface area (Å²) < 4.78 is 7.02. The summed E-state index contributed by atoms with van der Waals surface area (Å²) in [6.45, 7) is 4.40. The fourth-order valence-corrected chi connectivity index (χ4v) is 4.48. The van der Waals surface area contributed by atoms with E-state index in [1.807, 2.05) is 42.7 Å². The molecule has 1 atom stereocenters. The molecule has 0 aliphatic heterocycles. The first-order chi connectivity index (χ1) is 16.3. The molecule has 0 fully saturated rings. The second-order valence-corrected chi connectivity index (χ2v) is 9.15. The van der Waals surface area contributed by atoms with E-state index in [-0.39, 0.29) is 30.0 Å². The fraction of sp³-hybridized carbons (Fsp3) is 0.304. The van der Waals surface area contributed by atoms with Gasteiger partial charge in [-0.15, -0.1) is 10.2 Å². The number of thioether (sulfide) groups is 1. The first-order valence-electron chi connectivity index (χ1n) is 10.5. The van der Waals surface area contributed by atoms with Gasteiger partial charge < -0.3 is 19.9 Å². The van der Waals surface area contributed by atoms with Gasteiger partial charge in [0.1, 0.15) is 5.75 Å². The summed E-state index contributed by atoms with van der Waals surface area (Å²) in [5.74, 6) is 1.12. The molecule has 1 heterocycles. The molecule has 0 aliphatic rings. The summed E-state index contributed by atoms with van der Waals surface area (Å²) in [6.07, 6.45) is 0.240. The maximum Gasteiger partial charge on any atom is 0.234 e. The number of hydrogen-bond donors (Lipinski definition) is 2. The third-order valence-corrected chi connectivity index (χ3v) is 6.40. The van der Waals surface area contributed by atoms with E-state index in [0.29, 0.717) is 33.3 Å². The number of nitrogens with one attached hydrogen (secondary N) is 2. The number of aromatic nitrogens is 3. The quantitative estimate of drug-likeness (QED) is 0.373. The lowest BCUT2D eigenvalue weighted by Gasteiger charge is -2.15. The van der Waals surface area contributed by atoms with E-state index in [1.165, 1.54) is 11.8 Å².